The zero-order chi connectivity index (χ0) is 20.9. The number of hydrogen-bond acceptors (Lipinski definition) is 3. The average Bonchev–Trinajstić information content (AvgIpc) is 3.31. The van der Waals surface area contributed by atoms with Crippen molar-refractivity contribution in [3.63, 3.8) is 0 Å². The minimum atomic E-state index is 0. The minimum absolute atomic E-state index is 0. The van der Waals surface area contributed by atoms with Gasteiger partial charge in [-0.2, -0.15) is 5.26 Å². The summed E-state index contributed by atoms with van der Waals surface area (Å²) in [6.07, 6.45) is 9.23. The van der Waals surface area contributed by atoms with Crippen LogP contribution in [0.15, 0.2) is 59.5 Å². The van der Waals surface area contributed by atoms with Crippen LogP contribution >= 0.6 is 40.7 Å². The monoisotopic (exact) mass is 534 g/mol. The predicted octanol–water partition coefficient (Wildman–Crippen LogP) is 6.96. The van der Waals surface area contributed by atoms with E-state index in [9.17, 15) is 0 Å². The van der Waals surface area contributed by atoms with E-state index in [4.69, 9.17) is 5.26 Å². The number of rotatable bonds is 7. The third-order valence-corrected chi connectivity index (χ3v) is 6.62. The first-order valence-corrected chi connectivity index (χ1v) is 11.5. The summed E-state index contributed by atoms with van der Waals surface area (Å²) in [5, 5.41) is 9.12. The Labute approximate surface area is 211 Å². The van der Waals surface area contributed by atoms with Crippen molar-refractivity contribution in [3.05, 3.63) is 87.4 Å². The highest BCUT2D eigenvalue weighted by Crippen LogP contribution is 2.40. The lowest BCUT2D eigenvalue weighted by molar-refractivity contribution is 0.110. The Bertz CT molecular complexity index is 1020. The topological polar surface area (TPSA) is 55.7 Å². The van der Waals surface area contributed by atoms with Gasteiger partial charge < -0.3 is 4.98 Å². The summed E-state index contributed by atoms with van der Waals surface area (Å²) in [4.78, 5) is 10.4. The van der Waals surface area contributed by atoms with Crippen molar-refractivity contribution in [3.8, 4) is 6.07 Å². The molecule has 0 radical (unpaired) electrons. The third kappa shape index (κ3) is 5.94. The lowest BCUT2D eigenvalue weighted by Crippen LogP contribution is -2.39. The lowest BCUT2D eigenvalue weighted by Gasteiger charge is -2.42. The number of aromatic amines is 1. The molecular formula is C25H29BrCl2N4. The van der Waals surface area contributed by atoms with Gasteiger partial charge in [0, 0.05) is 23.3 Å². The first kappa shape index (κ1) is 26.4. The molecule has 0 spiro atoms. The number of nitriles is 1. The highest BCUT2D eigenvalue weighted by Gasteiger charge is 2.33. The van der Waals surface area contributed by atoms with Gasteiger partial charge in [-0.05, 0) is 60.2 Å². The zero-order valence-electron chi connectivity index (χ0n) is 18.1. The summed E-state index contributed by atoms with van der Waals surface area (Å²) in [5.74, 6) is 0. The van der Waals surface area contributed by atoms with E-state index in [-0.39, 0.29) is 30.9 Å². The number of hydrogen-bond donors (Lipinski definition) is 1. The molecule has 3 aromatic rings. The van der Waals surface area contributed by atoms with E-state index >= 15 is 0 Å². The van der Waals surface area contributed by atoms with Crippen LogP contribution in [0.1, 0.15) is 66.2 Å². The number of imidazole rings is 1. The standard InChI is InChI=1S/C25H27BrN4.2ClH/c1-2-3-4-24-22-14-21(26)10-9-20(22)11-12-30(24)25(23-16-28-17-29-23)13-18-5-7-19(15-27)8-6-18;;/h5-10,14,16-17,24-25H,2-4,11-13H2,1H3,(H,28,29);2*1H/t24-,25+;;/m0../s1. The maximum atomic E-state index is 9.12. The number of aromatic nitrogens is 2. The van der Waals surface area contributed by atoms with Gasteiger partial charge in [-0.3, -0.25) is 4.90 Å². The first-order chi connectivity index (χ1) is 14.7. The molecule has 2 aromatic carbocycles. The molecule has 0 amide bonds. The van der Waals surface area contributed by atoms with Crippen LogP contribution in [0.2, 0.25) is 0 Å². The second-order valence-corrected chi connectivity index (χ2v) is 8.94. The van der Waals surface area contributed by atoms with Crippen LogP contribution < -0.4 is 0 Å². The van der Waals surface area contributed by atoms with Crippen molar-refractivity contribution in [1.82, 2.24) is 14.9 Å². The van der Waals surface area contributed by atoms with Crippen LogP contribution in [0.5, 0.6) is 0 Å². The Hall–Kier alpha value is -1.84. The fraction of sp³-hybridized carbons (Fsp3) is 0.360. The van der Waals surface area contributed by atoms with Gasteiger partial charge in [0.1, 0.15) is 0 Å². The highest BCUT2D eigenvalue weighted by molar-refractivity contribution is 9.10. The maximum Gasteiger partial charge on any atom is 0.0991 e. The first-order valence-electron chi connectivity index (χ1n) is 10.7. The van der Waals surface area contributed by atoms with Crippen LogP contribution in [0.3, 0.4) is 0 Å². The summed E-state index contributed by atoms with van der Waals surface area (Å²) < 4.78 is 1.15. The van der Waals surface area contributed by atoms with Crippen molar-refractivity contribution < 1.29 is 0 Å². The second kappa shape index (κ2) is 12.4. The molecule has 2 atom stereocenters. The molecule has 1 aliphatic heterocycles. The van der Waals surface area contributed by atoms with Gasteiger partial charge in [0.05, 0.1) is 29.7 Å². The molecule has 32 heavy (non-hydrogen) atoms. The van der Waals surface area contributed by atoms with Crippen LogP contribution in [-0.2, 0) is 12.8 Å². The van der Waals surface area contributed by atoms with E-state index in [0.29, 0.717) is 11.6 Å². The van der Waals surface area contributed by atoms with E-state index in [0.717, 1.165) is 36.0 Å². The number of nitrogens with one attached hydrogen (secondary N) is 1. The fourth-order valence-electron chi connectivity index (χ4n) is 4.57. The predicted molar refractivity (Wildman–Crippen MR) is 138 cm³/mol. The van der Waals surface area contributed by atoms with E-state index in [1.165, 1.54) is 29.5 Å². The van der Waals surface area contributed by atoms with Crippen LogP contribution in [-0.4, -0.2) is 21.4 Å². The molecular weight excluding hydrogens is 507 g/mol. The van der Waals surface area contributed by atoms with Crippen molar-refractivity contribution in [2.45, 2.75) is 51.1 Å². The molecule has 170 valence electrons. The Morgan fingerprint density at radius 1 is 1.22 bits per heavy atom. The van der Waals surface area contributed by atoms with Gasteiger partial charge >= 0.3 is 0 Å². The average molecular weight is 536 g/mol. The number of benzene rings is 2. The Morgan fingerprint density at radius 2 is 2.00 bits per heavy atom. The van der Waals surface area contributed by atoms with Gasteiger partial charge in [-0.25, -0.2) is 4.98 Å². The number of unbranched alkanes of at least 4 members (excludes halogenated alkanes) is 1. The largest absolute Gasteiger partial charge is 0.347 e. The number of halogens is 3. The van der Waals surface area contributed by atoms with Gasteiger partial charge in [0.25, 0.3) is 0 Å². The molecule has 1 aliphatic rings. The van der Waals surface area contributed by atoms with Gasteiger partial charge in [0.15, 0.2) is 0 Å². The molecule has 1 aromatic heterocycles. The van der Waals surface area contributed by atoms with Gasteiger partial charge in [0.2, 0.25) is 0 Å². The van der Waals surface area contributed by atoms with Crippen LogP contribution in [0, 0.1) is 11.3 Å². The molecule has 7 heteroatoms. The lowest BCUT2D eigenvalue weighted by atomic mass is 9.87. The molecule has 1 N–H and O–H groups in total. The van der Waals surface area contributed by atoms with Gasteiger partial charge in [-0.15, -0.1) is 24.8 Å². The molecule has 0 unspecified atom stereocenters. The number of nitrogens with zero attached hydrogens (tertiary/aromatic N) is 3. The molecule has 0 saturated carbocycles. The summed E-state index contributed by atoms with van der Waals surface area (Å²) >= 11 is 3.69. The number of H-pyrrole nitrogens is 1. The van der Waals surface area contributed by atoms with Crippen molar-refractivity contribution in [1.29, 1.82) is 5.26 Å². The minimum Gasteiger partial charge on any atom is -0.347 e. The number of fused-ring (bicyclic) bond motifs is 1. The van der Waals surface area contributed by atoms with Gasteiger partial charge in [-0.1, -0.05) is 53.9 Å². The molecule has 4 rings (SSSR count). The third-order valence-electron chi connectivity index (χ3n) is 6.13. The molecule has 0 bridgehead atoms. The van der Waals surface area contributed by atoms with Crippen LogP contribution in [0.25, 0.3) is 0 Å². The molecule has 4 nitrogen and oxygen atoms in total. The SMILES string of the molecule is CCCC[C@H]1c2cc(Br)ccc2CCN1[C@H](Cc1ccc(C#N)cc1)c1cnc[nH]1.Cl.Cl. The quantitative estimate of drug-likeness (QED) is 0.355. The molecule has 0 saturated heterocycles. The molecule has 2 heterocycles. The van der Waals surface area contributed by atoms with E-state index in [1.54, 1.807) is 6.33 Å². The van der Waals surface area contributed by atoms with E-state index in [1.807, 2.05) is 18.3 Å². The summed E-state index contributed by atoms with van der Waals surface area (Å²) in [6, 6.07) is 17.6. The molecule has 0 fully saturated rings. The smallest absolute Gasteiger partial charge is 0.0991 e. The highest BCUT2D eigenvalue weighted by atomic mass is 79.9. The van der Waals surface area contributed by atoms with Crippen molar-refractivity contribution in [2.24, 2.45) is 0 Å². The maximum absolute atomic E-state index is 9.12. The Kier molecular flexibility index (Phi) is 10.2. The Morgan fingerprint density at radius 3 is 2.66 bits per heavy atom. The van der Waals surface area contributed by atoms with E-state index < -0.39 is 0 Å². The van der Waals surface area contributed by atoms with Crippen molar-refractivity contribution in [2.75, 3.05) is 6.54 Å². The fourth-order valence-corrected chi connectivity index (χ4v) is 4.95. The van der Waals surface area contributed by atoms with E-state index in [2.05, 4.69) is 74.1 Å². The zero-order valence-corrected chi connectivity index (χ0v) is 21.3. The Balaban J connectivity index is 0.00000181. The summed E-state index contributed by atoms with van der Waals surface area (Å²) in [7, 11) is 0. The normalized spacial score (nSPS) is 16.2. The van der Waals surface area contributed by atoms with Crippen LogP contribution in [0.4, 0.5) is 0 Å². The molecule has 0 aliphatic carbocycles. The summed E-state index contributed by atoms with van der Waals surface area (Å²) in [6.45, 7) is 3.29. The second-order valence-electron chi connectivity index (χ2n) is 8.02. The van der Waals surface area contributed by atoms with Crippen molar-refractivity contribution >= 4 is 40.7 Å². The summed E-state index contributed by atoms with van der Waals surface area (Å²) in [5.41, 5.74) is 6.02.